The molecule has 4 aromatic rings. The Morgan fingerprint density at radius 2 is 1.60 bits per heavy atom. The average Bonchev–Trinajstić information content (AvgIpc) is 3.06. The second-order valence-corrected chi connectivity index (χ2v) is 5.48. The van der Waals surface area contributed by atoms with Gasteiger partial charge in [-0.05, 0) is 6.07 Å². The van der Waals surface area contributed by atoms with E-state index in [-0.39, 0.29) is 11.3 Å². The van der Waals surface area contributed by atoms with Crippen molar-refractivity contribution in [2.45, 2.75) is 0 Å². The van der Waals surface area contributed by atoms with Gasteiger partial charge < -0.3 is 0 Å². The standard InChI is InChI=1S/C20H12N4O/c21-12-16-18(13-25)23-24-19(15-9-5-2-6-10-15)11-17(22-20(16)24)14-7-3-1-4-8-14/h1-11,13H. The number of fused-ring (bicyclic) bond motifs is 1. The number of nitrogens with zero attached hydrogens (tertiary/aromatic N) is 4. The van der Waals surface area contributed by atoms with E-state index in [0.29, 0.717) is 11.9 Å². The van der Waals surface area contributed by atoms with Crippen LogP contribution in [0.5, 0.6) is 0 Å². The smallest absolute Gasteiger partial charge is 0.175 e. The number of aromatic nitrogens is 3. The van der Waals surface area contributed by atoms with Gasteiger partial charge in [-0.1, -0.05) is 60.7 Å². The van der Waals surface area contributed by atoms with Gasteiger partial charge in [-0.25, -0.2) is 9.50 Å². The van der Waals surface area contributed by atoms with Gasteiger partial charge in [0.25, 0.3) is 0 Å². The topological polar surface area (TPSA) is 71.0 Å². The Balaban J connectivity index is 2.10. The van der Waals surface area contributed by atoms with E-state index in [1.165, 1.54) is 0 Å². The summed E-state index contributed by atoms with van der Waals surface area (Å²) < 4.78 is 1.56. The maximum absolute atomic E-state index is 11.3. The number of rotatable bonds is 3. The first kappa shape index (κ1) is 14.8. The van der Waals surface area contributed by atoms with Crippen LogP contribution in [0.15, 0.2) is 66.7 Å². The molecule has 0 saturated carbocycles. The normalized spacial score (nSPS) is 10.5. The molecule has 4 rings (SSSR count). The molecule has 0 amide bonds. The summed E-state index contributed by atoms with van der Waals surface area (Å²) in [5, 5.41) is 13.7. The van der Waals surface area contributed by atoms with Crippen LogP contribution in [0, 0.1) is 11.3 Å². The molecule has 5 nitrogen and oxygen atoms in total. The van der Waals surface area contributed by atoms with Crippen LogP contribution in [-0.2, 0) is 0 Å². The number of benzene rings is 2. The molecule has 25 heavy (non-hydrogen) atoms. The zero-order valence-electron chi connectivity index (χ0n) is 13.1. The Morgan fingerprint density at radius 1 is 0.960 bits per heavy atom. The highest BCUT2D eigenvalue weighted by molar-refractivity contribution is 5.83. The molecular formula is C20H12N4O. The minimum atomic E-state index is 0.0948. The molecule has 118 valence electrons. The third-order valence-electron chi connectivity index (χ3n) is 3.98. The molecule has 0 spiro atoms. The molecule has 0 N–H and O–H groups in total. The molecule has 0 radical (unpaired) electrons. The zero-order valence-corrected chi connectivity index (χ0v) is 13.1. The summed E-state index contributed by atoms with van der Waals surface area (Å²) in [5.41, 5.74) is 4.01. The van der Waals surface area contributed by atoms with Crippen LogP contribution in [0.25, 0.3) is 28.2 Å². The molecule has 0 atom stereocenters. The summed E-state index contributed by atoms with van der Waals surface area (Å²) >= 11 is 0. The Labute approximate surface area is 143 Å². The lowest BCUT2D eigenvalue weighted by atomic mass is 10.1. The summed E-state index contributed by atoms with van der Waals surface area (Å²) in [5.74, 6) is 0. The van der Waals surface area contributed by atoms with E-state index >= 15 is 0 Å². The maximum atomic E-state index is 11.3. The van der Waals surface area contributed by atoms with Gasteiger partial charge in [-0.3, -0.25) is 4.79 Å². The minimum absolute atomic E-state index is 0.0948. The van der Waals surface area contributed by atoms with E-state index in [9.17, 15) is 10.1 Å². The van der Waals surface area contributed by atoms with Gasteiger partial charge >= 0.3 is 0 Å². The SMILES string of the molecule is N#Cc1c(C=O)nn2c(-c3ccccc3)cc(-c3ccccc3)nc12. The van der Waals surface area contributed by atoms with Crippen molar-refractivity contribution in [2.75, 3.05) is 0 Å². The summed E-state index contributed by atoms with van der Waals surface area (Å²) in [7, 11) is 0. The number of nitriles is 1. The fraction of sp³-hybridized carbons (Fsp3) is 0. The Kier molecular flexibility index (Phi) is 3.56. The Morgan fingerprint density at radius 3 is 2.20 bits per heavy atom. The lowest BCUT2D eigenvalue weighted by molar-refractivity contribution is 0.111. The van der Waals surface area contributed by atoms with Crippen LogP contribution >= 0.6 is 0 Å². The first-order valence-electron chi connectivity index (χ1n) is 7.71. The predicted molar refractivity (Wildman–Crippen MR) is 94.0 cm³/mol. The Bertz CT molecular complexity index is 1110. The second-order valence-electron chi connectivity index (χ2n) is 5.48. The van der Waals surface area contributed by atoms with Gasteiger partial charge in [-0.15, -0.1) is 0 Å². The van der Waals surface area contributed by atoms with Gasteiger partial charge in [-0.2, -0.15) is 10.4 Å². The van der Waals surface area contributed by atoms with E-state index in [1.807, 2.05) is 72.8 Å². The summed E-state index contributed by atoms with van der Waals surface area (Å²) in [6.45, 7) is 0. The van der Waals surface area contributed by atoms with E-state index in [4.69, 9.17) is 0 Å². The average molecular weight is 324 g/mol. The number of hydrogen-bond acceptors (Lipinski definition) is 4. The van der Waals surface area contributed by atoms with Crippen molar-refractivity contribution < 1.29 is 4.79 Å². The summed E-state index contributed by atoms with van der Waals surface area (Å²) in [6, 6.07) is 23.4. The first-order valence-corrected chi connectivity index (χ1v) is 7.71. The number of carbonyl (C=O) groups excluding carboxylic acids is 1. The quantitative estimate of drug-likeness (QED) is 0.538. The van der Waals surface area contributed by atoms with Crippen molar-refractivity contribution in [3.05, 3.63) is 78.0 Å². The van der Waals surface area contributed by atoms with Gasteiger partial charge in [0, 0.05) is 11.1 Å². The lowest BCUT2D eigenvalue weighted by Crippen LogP contribution is -1.99. The van der Waals surface area contributed by atoms with E-state index < -0.39 is 0 Å². The summed E-state index contributed by atoms with van der Waals surface area (Å²) in [6.07, 6.45) is 0.587. The van der Waals surface area contributed by atoms with Crippen LogP contribution in [0.3, 0.4) is 0 Å². The van der Waals surface area contributed by atoms with Crippen LogP contribution in [0.1, 0.15) is 16.1 Å². The van der Waals surface area contributed by atoms with E-state index in [0.717, 1.165) is 22.5 Å². The number of aldehydes is 1. The molecule has 2 heterocycles. The first-order chi connectivity index (χ1) is 12.3. The third-order valence-corrected chi connectivity index (χ3v) is 3.98. The highest BCUT2D eigenvalue weighted by atomic mass is 16.1. The van der Waals surface area contributed by atoms with Gasteiger partial charge in [0.1, 0.15) is 17.3 Å². The zero-order chi connectivity index (χ0) is 17.2. The minimum Gasteiger partial charge on any atom is -0.296 e. The molecule has 0 saturated heterocycles. The third kappa shape index (κ3) is 2.46. The largest absolute Gasteiger partial charge is 0.296 e. The van der Waals surface area contributed by atoms with Gasteiger partial charge in [0.2, 0.25) is 0 Å². The molecule has 0 fully saturated rings. The van der Waals surface area contributed by atoms with Crippen molar-refractivity contribution in [1.82, 2.24) is 14.6 Å². The maximum Gasteiger partial charge on any atom is 0.175 e. The number of carbonyl (C=O) groups is 1. The van der Waals surface area contributed by atoms with Crippen LogP contribution in [0.2, 0.25) is 0 Å². The molecule has 5 heteroatoms. The fourth-order valence-corrected chi connectivity index (χ4v) is 2.79. The molecule has 0 aliphatic rings. The highest BCUT2D eigenvalue weighted by Gasteiger charge is 2.18. The van der Waals surface area contributed by atoms with Crippen LogP contribution in [0.4, 0.5) is 0 Å². The van der Waals surface area contributed by atoms with Crippen LogP contribution in [-0.4, -0.2) is 20.9 Å². The molecule has 2 aromatic heterocycles. The second kappa shape index (κ2) is 6.02. The molecular weight excluding hydrogens is 312 g/mol. The molecule has 0 aliphatic carbocycles. The highest BCUT2D eigenvalue weighted by Crippen LogP contribution is 2.27. The molecule has 0 bridgehead atoms. The fourth-order valence-electron chi connectivity index (χ4n) is 2.79. The monoisotopic (exact) mass is 324 g/mol. The van der Waals surface area contributed by atoms with Gasteiger partial charge in [0.15, 0.2) is 11.9 Å². The van der Waals surface area contributed by atoms with Crippen molar-refractivity contribution in [1.29, 1.82) is 5.26 Å². The van der Waals surface area contributed by atoms with Crippen molar-refractivity contribution in [2.24, 2.45) is 0 Å². The molecule has 2 aromatic carbocycles. The Hall–Kier alpha value is -3.78. The van der Waals surface area contributed by atoms with Crippen molar-refractivity contribution in [3.8, 4) is 28.6 Å². The van der Waals surface area contributed by atoms with Crippen molar-refractivity contribution >= 4 is 11.9 Å². The predicted octanol–water partition coefficient (Wildman–Crippen LogP) is 3.75. The van der Waals surface area contributed by atoms with Gasteiger partial charge in [0.05, 0.1) is 11.4 Å². The van der Waals surface area contributed by atoms with Crippen molar-refractivity contribution in [3.63, 3.8) is 0 Å². The van der Waals surface area contributed by atoms with E-state index in [1.54, 1.807) is 4.52 Å². The molecule has 0 aliphatic heterocycles. The van der Waals surface area contributed by atoms with E-state index in [2.05, 4.69) is 10.1 Å². The molecule has 0 unspecified atom stereocenters. The lowest BCUT2D eigenvalue weighted by Gasteiger charge is -2.08. The number of hydrogen-bond donors (Lipinski definition) is 0. The van der Waals surface area contributed by atoms with Crippen LogP contribution < -0.4 is 0 Å². The summed E-state index contributed by atoms with van der Waals surface area (Å²) in [4.78, 5) is 15.9.